The van der Waals surface area contributed by atoms with E-state index in [-0.39, 0.29) is 29.7 Å². The van der Waals surface area contributed by atoms with Gasteiger partial charge in [-0.2, -0.15) is 4.72 Å². The molecule has 1 saturated heterocycles. The molecule has 0 radical (unpaired) electrons. The summed E-state index contributed by atoms with van der Waals surface area (Å²) in [5, 5.41) is 12.8. The lowest BCUT2D eigenvalue weighted by Crippen LogP contribution is -2.56. The van der Waals surface area contributed by atoms with Crippen LogP contribution in [0.15, 0.2) is 77.7 Å². The van der Waals surface area contributed by atoms with E-state index < -0.39 is 28.2 Å². The fourth-order valence-electron chi connectivity index (χ4n) is 5.06. The average molecular weight is 536 g/mol. The summed E-state index contributed by atoms with van der Waals surface area (Å²) in [4.78, 5) is 26.3. The van der Waals surface area contributed by atoms with Gasteiger partial charge in [0.25, 0.3) is 0 Å². The molecule has 0 aromatic heterocycles. The van der Waals surface area contributed by atoms with Gasteiger partial charge in [-0.25, -0.2) is 13.2 Å². The Morgan fingerprint density at radius 3 is 2.16 bits per heavy atom. The highest BCUT2D eigenvalue weighted by Crippen LogP contribution is 2.43. The lowest BCUT2D eigenvalue weighted by molar-refractivity contribution is -0.126. The van der Waals surface area contributed by atoms with Crippen molar-refractivity contribution in [1.29, 1.82) is 0 Å². The molecule has 3 N–H and O–H groups in total. The Balaban J connectivity index is 1.26. The molecule has 2 amide bonds. The van der Waals surface area contributed by atoms with Crippen molar-refractivity contribution in [2.45, 2.75) is 36.7 Å². The highest BCUT2D eigenvalue weighted by Gasteiger charge is 2.37. The number of piperidine rings is 1. The van der Waals surface area contributed by atoms with Gasteiger partial charge in [0.15, 0.2) is 0 Å². The lowest BCUT2D eigenvalue weighted by atomic mass is 9.87. The molecule has 2 unspecified atom stereocenters. The summed E-state index contributed by atoms with van der Waals surface area (Å²) in [6, 6.07) is 21.7. The molecule has 5 rings (SSSR count). The Morgan fingerprint density at radius 2 is 1.55 bits per heavy atom. The molecule has 2 atom stereocenters. The SMILES string of the molecule is Cc1ccc(S(=O)(=O)NC2CCC(C(=O)NCC3c4ccccc4Oc4ccccc43)CN2C(=O)O)cc1. The second-order valence-electron chi connectivity index (χ2n) is 9.63. The summed E-state index contributed by atoms with van der Waals surface area (Å²) in [5.41, 5.74) is 2.84. The Kier molecular flexibility index (Phi) is 7.09. The molecule has 2 aliphatic heterocycles. The van der Waals surface area contributed by atoms with Crippen molar-refractivity contribution < 1.29 is 27.9 Å². The number of rotatable bonds is 6. The third-order valence-corrected chi connectivity index (χ3v) is 8.59. The number of sulfonamides is 1. The van der Waals surface area contributed by atoms with Crippen LogP contribution in [0.5, 0.6) is 11.5 Å². The molecule has 0 bridgehead atoms. The van der Waals surface area contributed by atoms with Crippen molar-refractivity contribution in [3.05, 3.63) is 89.5 Å². The van der Waals surface area contributed by atoms with Gasteiger partial charge >= 0.3 is 6.09 Å². The summed E-state index contributed by atoms with van der Waals surface area (Å²) < 4.78 is 34.2. The van der Waals surface area contributed by atoms with Crippen LogP contribution in [0.2, 0.25) is 0 Å². The maximum atomic E-state index is 13.2. The number of carbonyl (C=O) groups is 2. The molecule has 3 aromatic rings. The first-order valence-electron chi connectivity index (χ1n) is 12.4. The van der Waals surface area contributed by atoms with Crippen LogP contribution in [0.4, 0.5) is 4.79 Å². The number of carbonyl (C=O) groups excluding carboxylic acids is 1. The van der Waals surface area contributed by atoms with Crippen molar-refractivity contribution in [2.75, 3.05) is 13.1 Å². The number of likely N-dealkylation sites (tertiary alicyclic amines) is 1. The molecule has 2 aliphatic rings. The predicted molar refractivity (Wildman–Crippen MR) is 141 cm³/mol. The van der Waals surface area contributed by atoms with Crippen LogP contribution in [0, 0.1) is 12.8 Å². The van der Waals surface area contributed by atoms with Crippen molar-refractivity contribution in [3.63, 3.8) is 0 Å². The first-order chi connectivity index (χ1) is 18.2. The van der Waals surface area contributed by atoms with Crippen molar-refractivity contribution in [3.8, 4) is 11.5 Å². The third-order valence-electron chi connectivity index (χ3n) is 7.11. The number of carboxylic acid groups (broad SMARTS) is 1. The van der Waals surface area contributed by atoms with E-state index in [0.717, 1.165) is 33.1 Å². The van der Waals surface area contributed by atoms with Crippen LogP contribution >= 0.6 is 0 Å². The molecule has 9 nitrogen and oxygen atoms in total. The van der Waals surface area contributed by atoms with E-state index in [9.17, 15) is 23.1 Å². The largest absolute Gasteiger partial charge is 0.465 e. The number of aryl methyl sites for hydroxylation is 1. The summed E-state index contributed by atoms with van der Waals surface area (Å²) in [7, 11) is -3.93. The van der Waals surface area contributed by atoms with Gasteiger partial charge < -0.3 is 15.2 Å². The van der Waals surface area contributed by atoms with E-state index in [2.05, 4.69) is 10.0 Å². The molecule has 0 saturated carbocycles. The molecular formula is C28H29N3O6S. The highest BCUT2D eigenvalue weighted by atomic mass is 32.2. The lowest BCUT2D eigenvalue weighted by Gasteiger charge is -2.37. The zero-order chi connectivity index (χ0) is 26.9. The monoisotopic (exact) mass is 535 g/mol. The van der Waals surface area contributed by atoms with Gasteiger partial charge in [0.1, 0.15) is 11.5 Å². The van der Waals surface area contributed by atoms with Crippen molar-refractivity contribution in [1.82, 2.24) is 14.9 Å². The Morgan fingerprint density at radius 1 is 0.947 bits per heavy atom. The van der Waals surface area contributed by atoms with Gasteiger partial charge in [0, 0.05) is 30.1 Å². The standard InChI is InChI=1S/C28H29N3O6S/c1-18-10-13-20(14-11-18)38(35,36)30-26-15-12-19(17-31(26)28(33)34)27(32)29-16-23-21-6-2-4-8-24(21)37-25-9-5-3-7-22(23)25/h2-11,13-14,19,23,26,30H,12,15-17H2,1H3,(H,29,32)(H,33,34). The zero-order valence-electron chi connectivity index (χ0n) is 20.8. The number of amides is 2. The molecule has 2 heterocycles. The molecule has 3 aromatic carbocycles. The van der Waals surface area contributed by atoms with Crippen LogP contribution in [0.25, 0.3) is 0 Å². The average Bonchev–Trinajstić information content (AvgIpc) is 2.91. The molecule has 198 valence electrons. The number of benzene rings is 3. The van der Waals surface area contributed by atoms with E-state index in [1.165, 1.54) is 12.1 Å². The first-order valence-corrected chi connectivity index (χ1v) is 13.9. The number of nitrogens with one attached hydrogen (secondary N) is 2. The minimum Gasteiger partial charge on any atom is -0.465 e. The Labute approximate surface area is 221 Å². The second kappa shape index (κ2) is 10.5. The van der Waals surface area contributed by atoms with Gasteiger partial charge in [-0.1, -0.05) is 54.1 Å². The smallest absolute Gasteiger partial charge is 0.408 e. The number of hydrogen-bond donors (Lipinski definition) is 3. The van der Waals surface area contributed by atoms with Crippen LogP contribution in [-0.2, 0) is 14.8 Å². The second-order valence-corrected chi connectivity index (χ2v) is 11.3. The summed E-state index contributed by atoms with van der Waals surface area (Å²) in [6.07, 6.45) is -1.72. The quantitative estimate of drug-likeness (QED) is 0.438. The van der Waals surface area contributed by atoms with E-state index >= 15 is 0 Å². The van der Waals surface area contributed by atoms with Gasteiger partial charge in [0.2, 0.25) is 15.9 Å². The fourth-order valence-corrected chi connectivity index (χ4v) is 6.29. The molecule has 1 fully saturated rings. The maximum absolute atomic E-state index is 13.2. The number of hydrogen-bond acceptors (Lipinski definition) is 5. The maximum Gasteiger partial charge on any atom is 0.408 e. The molecular weight excluding hydrogens is 506 g/mol. The van der Waals surface area contributed by atoms with E-state index in [1.807, 2.05) is 55.5 Å². The summed E-state index contributed by atoms with van der Waals surface area (Å²) in [5.74, 6) is 0.496. The minimum atomic E-state index is -3.93. The van der Waals surface area contributed by atoms with Crippen LogP contribution < -0.4 is 14.8 Å². The number of nitrogens with zero attached hydrogens (tertiary/aromatic N) is 1. The van der Waals surface area contributed by atoms with Gasteiger partial charge in [0.05, 0.1) is 17.0 Å². The zero-order valence-corrected chi connectivity index (χ0v) is 21.6. The minimum absolute atomic E-state index is 0.0605. The number of ether oxygens (including phenoxy) is 1. The third kappa shape index (κ3) is 5.23. The normalized spacial score (nSPS) is 19.1. The van der Waals surface area contributed by atoms with Crippen LogP contribution in [-0.4, -0.2) is 49.7 Å². The van der Waals surface area contributed by atoms with E-state index in [4.69, 9.17) is 4.74 Å². The molecule has 10 heteroatoms. The fraction of sp³-hybridized carbons (Fsp3) is 0.286. The van der Waals surface area contributed by atoms with Gasteiger partial charge in [-0.05, 0) is 44.0 Å². The highest BCUT2D eigenvalue weighted by molar-refractivity contribution is 7.89. The number of para-hydroxylation sites is 2. The molecule has 38 heavy (non-hydrogen) atoms. The van der Waals surface area contributed by atoms with Crippen molar-refractivity contribution in [2.24, 2.45) is 5.92 Å². The molecule has 0 spiro atoms. The van der Waals surface area contributed by atoms with Crippen molar-refractivity contribution >= 4 is 22.0 Å². The van der Waals surface area contributed by atoms with Gasteiger partial charge in [-0.15, -0.1) is 0 Å². The Hall–Kier alpha value is -3.89. The first kappa shape index (κ1) is 25.7. The van der Waals surface area contributed by atoms with Crippen LogP contribution in [0.1, 0.15) is 35.4 Å². The topological polar surface area (TPSA) is 125 Å². The summed E-state index contributed by atoms with van der Waals surface area (Å²) in [6.45, 7) is 2.06. The van der Waals surface area contributed by atoms with Gasteiger partial charge in [-0.3, -0.25) is 9.69 Å². The van der Waals surface area contributed by atoms with Crippen LogP contribution in [0.3, 0.4) is 0 Å². The van der Waals surface area contributed by atoms with E-state index in [1.54, 1.807) is 12.1 Å². The van der Waals surface area contributed by atoms with E-state index in [0.29, 0.717) is 13.0 Å². The summed E-state index contributed by atoms with van der Waals surface area (Å²) >= 11 is 0. The number of fused-ring (bicyclic) bond motifs is 2. The Bertz CT molecular complexity index is 1410. The molecule has 0 aliphatic carbocycles. The predicted octanol–water partition coefficient (Wildman–Crippen LogP) is 4.04.